The van der Waals surface area contributed by atoms with E-state index in [0.29, 0.717) is 32.1 Å². The zero-order valence-electron chi connectivity index (χ0n) is 11.0. The first kappa shape index (κ1) is 13.8. The lowest BCUT2D eigenvalue weighted by Gasteiger charge is -2.22. The van der Waals surface area contributed by atoms with E-state index < -0.39 is 0 Å². The Hall–Kier alpha value is -1.66. The molecule has 1 amide bonds. The fourth-order valence-electron chi connectivity index (χ4n) is 1.79. The molecule has 1 fully saturated rings. The smallest absolute Gasteiger partial charge is 0.269 e. The van der Waals surface area contributed by atoms with Crippen LogP contribution in [0.2, 0.25) is 0 Å². The first-order chi connectivity index (χ1) is 9.29. The molecule has 1 aromatic rings. The quantitative estimate of drug-likeness (QED) is 0.818. The summed E-state index contributed by atoms with van der Waals surface area (Å²) in [6.45, 7) is 5.00. The summed E-state index contributed by atoms with van der Waals surface area (Å²) >= 11 is 0. The van der Waals surface area contributed by atoms with Crippen molar-refractivity contribution in [2.45, 2.75) is 13.0 Å². The van der Waals surface area contributed by atoms with Crippen molar-refractivity contribution in [3.8, 4) is 0 Å². The van der Waals surface area contributed by atoms with Crippen molar-refractivity contribution >= 4 is 11.6 Å². The first-order valence-electron chi connectivity index (χ1n) is 6.47. The molecule has 1 saturated heterocycles. The molecule has 1 aliphatic heterocycles. The van der Waals surface area contributed by atoms with Crippen LogP contribution in [0.5, 0.6) is 0 Å². The van der Waals surface area contributed by atoms with Gasteiger partial charge >= 0.3 is 0 Å². The number of pyridine rings is 1. The molecule has 2 rings (SSSR count). The second kappa shape index (κ2) is 7.06. The molecule has 1 atom stereocenters. The Morgan fingerprint density at radius 3 is 3.00 bits per heavy atom. The summed E-state index contributed by atoms with van der Waals surface area (Å²) in [5.41, 5.74) is 1.31. The summed E-state index contributed by atoms with van der Waals surface area (Å²) in [6.07, 6.45) is 1.58. The zero-order chi connectivity index (χ0) is 13.5. The van der Waals surface area contributed by atoms with Crippen LogP contribution < -0.4 is 10.6 Å². The van der Waals surface area contributed by atoms with Crippen LogP contribution in [-0.2, 0) is 9.47 Å². The highest BCUT2D eigenvalue weighted by atomic mass is 16.6. The van der Waals surface area contributed by atoms with Gasteiger partial charge in [0.1, 0.15) is 5.69 Å². The van der Waals surface area contributed by atoms with E-state index in [-0.39, 0.29) is 12.0 Å². The van der Waals surface area contributed by atoms with Crippen LogP contribution >= 0.6 is 0 Å². The van der Waals surface area contributed by atoms with Crippen LogP contribution in [-0.4, -0.2) is 49.9 Å². The molecule has 0 saturated carbocycles. The normalized spacial score (nSPS) is 18.9. The third-order valence-corrected chi connectivity index (χ3v) is 2.75. The third kappa shape index (κ3) is 4.18. The molecule has 0 aliphatic carbocycles. The van der Waals surface area contributed by atoms with Gasteiger partial charge in [-0.05, 0) is 19.1 Å². The molecule has 1 aliphatic rings. The van der Waals surface area contributed by atoms with Crippen LogP contribution in [0.15, 0.2) is 18.3 Å². The third-order valence-electron chi connectivity index (χ3n) is 2.75. The number of ether oxygens (including phenoxy) is 2. The van der Waals surface area contributed by atoms with Crippen molar-refractivity contribution in [1.29, 1.82) is 0 Å². The Morgan fingerprint density at radius 1 is 1.47 bits per heavy atom. The van der Waals surface area contributed by atoms with Gasteiger partial charge in [-0.15, -0.1) is 0 Å². The number of hydrogen-bond donors (Lipinski definition) is 2. The molecular formula is C13H19N3O3. The van der Waals surface area contributed by atoms with E-state index in [4.69, 9.17) is 9.47 Å². The van der Waals surface area contributed by atoms with Gasteiger partial charge in [0.15, 0.2) is 0 Å². The van der Waals surface area contributed by atoms with Gasteiger partial charge in [-0.1, -0.05) is 0 Å². The number of carbonyl (C=O) groups excluding carboxylic acids is 1. The van der Waals surface area contributed by atoms with E-state index in [0.717, 1.165) is 12.2 Å². The standard InChI is InChI=1S/C13H19N3O3/c1-2-14-10-3-4-12(15-7-10)13(17)16-8-11-9-18-5-6-19-11/h3-4,7,11,14H,2,5-6,8-9H2,1H3,(H,16,17). The number of rotatable bonds is 5. The molecule has 6 nitrogen and oxygen atoms in total. The number of amides is 1. The van der Waals surface area contributed by atoms with Crippen LogP contribution in [0, 0.1) is 0 Å². The number of aromatic nitrogens is 1. The summed E-state index contributed by atoms with van der Waals surface area (Å²) in [6, 6.07) is 3.54. The zero-order valence-corrected chi connectivity index (χ0v) is 11.0. The van der Waals surface area contributed by atoms with Gasteiger partial charge in [0.2, 0.25) is 0 Å². The number of nitrogens with one attached hydrogen (secondary N) is 2. The Balaban J connectivity index is 1.81. The largest absolute Gasteiger partial charge is 0.384 e. The number of hydrogen-bond acceptors (Lipinski definition) is 5. The molecule has 0 aromatic carbocycles. The molecule has 1 unspecified atom stereocenters. The van der Waals surface area contributed by atoms with Gasteiger partial charge in [-0.3, -0.25) is 4.79 Å². The second-order valence-corrected chi connectivity index (χ2v) is 4.24. The highest BCUT2D eigenvalue weighted by Crippen LogP contribution is 2.06. The predicted octanol–water partition coefficient (Wildman–Crippen LogP) is 0.659. The number of anilines is 1. The minimum atomic E-state index is -0.197. The van der Waals surface area contributed by atoms with E-state index in [2.05, 4.69) is 15.6 Å². The van der Waals surface area contributed by atoms with Crippen molar-refractivity contribution in [1.82, 2.24) is 10.3 Å². The van der Waals surface area contributed by atoms with E-state index in [1.165, 1.54) is 0 Å². The van der Waals surface area contributed by atoms with Crippen molar-refractivity contribution in [3.63, 3.8) is 0 Å². The summed E-state index contributed by atoms with van der Waals surface area (Å²) < 4.78 is 10.7. The molecule has 6 heteroatoms. The van der Waals surface area contributed by atoms with Crippen molar-refractivity contribution in [2.75, 3.05) is 38.2 Å². The Bertz CT molecular complexity index is 402. The predicted molar refractivity (Wildman–Crippen MR) is 71.3 cm³/mol. The van der Waals surface area contributed by atoms with Gasteiger partial charge in [-0.2, -0.15) is 0 Å². The van der Waals surface area contributed by atoms with Crippen LogP contribution in [0.4, 0.5) is 5.69 Å². The molecule has 0 spiro atoms. The lowest BCUT2D eigenvalue weighted by molar-refractivity contribution is -0.0855. The van der Waals surface area contributed by atoms with Gasteiger partial charge in [-0.25, -0.2) is 4.98 Å². The molecular weight excluding hydrogens is 246 g/mol. The van der Waals surface area contributed by atoms with E-state index in [9.17, 15) is 4.79 Å². The molecule has 1 aromatic heterocycles. The van der Waals surface area contributed by atoms with Crippen LogP contribution in [0.25, 0.3) is 0 Å². The number of nitrogens with zero attached hydrogens (tertiary/aromatic N) is 1. The average molecular weight is 265 g/mol. The van der Waals surface area contributed by atoms with Crippen LogP contribution in [0.3, 0.4) is 0 Å². The Kier molecular flexibility index (Phi) is 5.11. The fraction of sp³-hybridized carbons (Fsp3) is 0.538. The molecule has 19 heavy (non-hydrogen) atoms. The average Bonchev–Trinajstić information content (AvgIpc) is 2.47. The van der Waals surface area contributed by atoms with Gasteiger partial charge < -0.3 is 20.1 Å². The van der Waals surface area contributed by atoms with E-state index >= 15 is 0 Å². The molecule has 0 bridgehead atoms. The summed E-state index contributed by atoms with van der Waals surface area (Å²) in [5.74, 6) is -0.197. The van der Waals surface area contributed by atoms with E-state index in [1.54, 1.807) is 12.3 Å². The van der Waals surface area contributed by atoms with Crippen molar-refractivity contribution in [2.24, 2.45) is 0 Å². The minimum absolute atomic E-state index is 0.0706. The summed E-state index contributed by atoms with van der Waals surface area (Å²) in [7, 11) is 0. The SMILES string of the molecule is CCNc1ccc(C(=O)NCC2COCCO2)nc1. The lowest BCUT2D eigenvalue weighted by Crippen LogP contribution is -2.39. The summed E-state index contributed by atoms with van der Waals surface area (Å²) in [5, 5.41) is 5.92. The van der Waals surface area contributed by atoms with Crippen molar-refractivity contribution < 1.29 is 14.3 Å². The second-order valence-electron chi connectivity index (χ2n) is 4.24. The topological polar surface area (TPSA) is 72.5 Å². The summed E-state index contributed by atoms with van der Waals surface area (Å²) in [4.78, 5) is 16.0. The van der Waals surface area contributed by atoms with Gasteiger partial charge in [0, 0.05) is 13.1 Å². The van der Waals surface area contributed by atoms with Crippen molar-refractivity contribution in [3.05, 3.63) is 24.0 Å². The van der Waals surface area contributed by atoms with Gasteiger partial charge in [0.25, 0.3) is 5.91 Å². The monoisotopic (exact) mass is 265 g/mol. The van der Waals surface area contributed by atoms with E-state index in [1.807, 2.05) is 13.0 Å². The maximum absolute atomic E-state index is 11.9. The molecule has 2 N–H and O–H groups in total. The Morgan fingerprint density at radius 2 is 2.37 bits per heavy atom. The first-order valence-corrected chi connectivity index (χ1v) is 6.47. The molecule has 104 valence electrons. The maximum atomic E-state index is 11.9. The maximum Gasteiger partial charge on any atom is 0.269 e. The van der Waals surface area contributed by atoms with Gasteiger partial charge in [0.05, 0.1) is 37.8 Å². The molecule has 0 radical (unpaired) electrons. The fourth-order valence-corrected chi connectivity index (χ4v) is 1.79. The number of carbonyl (C=O) groups is 1. The Labute approximate surface area is 112 Å². The molecule has 2 heterocycles. The minimum Gasteiger partial charge on any atom is -0.384 e. The highest BCUT2D eigenvalue weighted by Gasteiger charge is 2.16. The highest BCUT2D eigenvalue weighted by molar-refractivity contribution is 5.92. The van der Waals surface area contributed by atoms with Crippen LogP contribution in [0.1, 0.15) is 17.4 Å². The lowest BCUT2D eigenvalue weighted by atomic mass is 10.3.